The van der Waals surface area contributed by atoms with E-state index < -0.39 is 5.97 Å². The van der Waals surface area contributed by atoms with Crippen molar-refractivity contribution >= 4 is 11.8 Å². The summed E-state index contributed by atoms with van der Waals surface area (Å²) in [6.07, 6.45) is 1.77. The van der Waals surface area contributed by atoms with Gasteiger partial charge < -0.3 is 5.11 Å². The van der Waals surface area contributed by atoms with Gasteiger partial charge in [-0.3, -0.25) is 4.79 Å². The molecule has 1 heterocycles. The third kappa shape index (κ3) is 5.00. The van der Waals surface area contributed by atoms with Crippen molar-refractivity contribution in [2.75, 3.05) is 0 Å². The lowest BCUT2D eigenvalue weighted by Gasteiger charge is -2.10. The van der Waals surface area contributed by atoms with E-state index in [0.29, 0.717) is 36.7 Å². The minimum absolute atomic E-state index is 0.0260. The molecule has 3 rings (SSSR count). The lowest BCUT2D eigenvalue weighted by Crippen LogP contribution is -2.11. The number of carbonyl (C=O) groups excluding carboxylic acids is 1. The van der Waals surface area contributed by atoms with Crippen LogP contribution >= 0.6 is 0 Å². The third-order valence-electron chi connectivity index (χ3n) is 4.80. The van der Waals surface area contributed by atoms with Crippen LogP contribution in [0.1, 0.15) is 66.0 Å². The van der Waals surface area contributed by atoms with Crippen LogP contribution in [0.5, 0.6) is 0 Å². The molecule has 156 valence electrons. The van der Waals surface area contributed by atoms with Gasteiger partial charge in [-0.1, -0.05) is 63.2 Å². The topological polar surface area (TPSA) is 85.1 Å². The van der Waals surface area contributed by atoms with Crippen LogP contribution in [0.4, 0.5) is 0 Å². The summed E-state index contributed by atoms with van der Waals surface area (Å²) < 4.78 is 1.83. The second kappa shape index (κ2) is 9.48. The smallest absolute Gasteiger partial charge is 0.336 e. The zero-order valence-electron chi connectivity index (χ0n) is 17.6. The molecule has 0 radical (unpaired) electrons. The van der Waals surface area contributed by atoms with E-state index >= 15 is 0 Å². The van der Waals surface area contributed by atoms with Crippen molar-refractivity contribution in [2.24, 2.45) is 5.92 Å². The zero-order valence-corrected chi connectivity index (χ0v) is 17.6. The zero-order chi connectivity index (χ0) is 21.7. The Kier molecular flexibility index (Phi) is 6.77. The summed E-state index contributed by atoms with van der Waals surface area (Å²) in [6.45, 7) is 6.88. The second-order valence-corrected chi connectivity index (χ2v) is 7.83. The lowest BCUT2D eigenvalue weighted by atomic mass is 9.98. The Labute approximate surface area is 176 Å². The SMILES string of the molecule is CCCC(=O)c1nc(Cc2ccc(-c3ccccc3C(=O)O)cc2)n(CC(C)C)n1. The number of aromatic nitrogens is 3. The molecule has 0 bridgehead atoms. The van der Waals surface area contributed by atoms with E-state index in [9.17, 15) is 14.7 Å². The molecule has 0 amide bonds. The van der Waals surface area contributed by atoms with E-state index in [1.807, 2.05) is 48.0 Å². The molecule has 0 fully saturated rings. The number of nitrogens with zero attached hydrogens (tertiary/aromatic N) is 3. The molecule has 0 spiro atoms. The van der Waals surface area contributed by atoms with Crippen LogP contribution in [-0.2, 0) is 13.0 Å². The molecule has 0 atom stereocenters. The largest absolute Gasteiger partial charge is 0.478 e. The van der Waals surface area contributed by atoms with Gasteiger partial charge in [-0.15, -0.1) is 5.10 Å². The van der Waals surface area contributed by atoms with Crippen molar-refractivity contribution < 1.29 is 14.7 Å². The molecular formula is C24H27N3O3. The number of carbonyl (C=O) groups is 2. The van der Waals surface area contributed by atoms with Crippen molar-refractivity contribution in [1.82, 2.24) is 14.8 Å². The summed E-state index contributed by atoms with van der Waals surface area (Å²) in [5, 5.41) is 13.9. The van der Waals surface area contributed by atoms with Gasteiger partial charge in [0.1, 0.15) is 5.82 Å². The monoisotopic (exact) mass is 405 g/mol. The highest BCUT2D eigenvalue weighted by Gasteiger charge is 2.17. The number of ketones is 1. The van der Waals surface area contributed by atoms with Gasteiger partial charge in [0, 0.05) is 19.4 Å². The van der Waals surface area contributed by atoms with Crippen LogP contribution < -0.4 is 0 Å². The van der Waals surface area contributed by atoms with Crippen LogP contribution in [0.2, 0.25) is 0 Å². The predicted molar refractivity (Wildman–Crippen MR) is 116 cm³/mol. The molecule has 0 aliphatic rings. The van der Waals surface area contributed by atoms with Crippen LogP contribution in [0, 0.1) is 5.92 Å². The molecule has 6 heteroatoms. The molecule has 3 aromatic rings. The molecule has 1 N–H and O–H groups in total. The second-order valence-electron chi connectivity index (χ2n) is 7.83. The Morgan fingerprint density at radius 1 is 1.07 bits per heavy atom. The van der Waals surface area contributed by atoms with Crippen molar-refractivity contribution in [1.29, 1.82) is 0 Å². The normalized spacial score (nSPS) is 11.1. The van der Waals surface area contributed by atoms with Gasteiger partial charge in [0.25, 0.3) is 0 Å². The maximum atomic E-state index is 12.3. The van der Waals surface area contributed by atoms with Gasteiger partial charge in [-0.25, -0.2) is 14.5 Å². The average molecular weight is 405 g/mol. The summed E-state index contributed by atoms with van der Waals surface area (Å²) in [4.78, 5) is 28.3. The predicted octanol–water partition coefficient (Wildman–Crippen LogP) is 4.87. The van der Waals surface area contributed by atoms with E-state index in [2.05, 4.69) is 23.9 Å². The number of Topliss-reactive ketones (excluding diaryl/α,β-unsaturated/α-hetero) is 1. The van der Waals surface area contributed by atoms with Crippen LogP contribution in [0.15, 0.2) is 48.5 Å². The number of carboxylic acid groups (broad SMARTS) is 1. The van der Waals surface area contributed by atoms with Gasteiger partial charge in [-0.2, -0.15) is 0 Å². The number of hydrogen-bond donors (Lipinski definition) is 1. The Bertz CT molecular complexity index is 1040. The average Bonchev–Trinajstić information content (AvgIpc) is 3.10. The maximum absolute atomic E-state index is 12.3. The van der Waals surface area contributed by atoms with Crippen molar-refractivity contribution in [3.8, 4) is 11.1 Å². The summed E-state index contributed by atoms with van der Waals surface area (Å²) in [6, 6.07) is 14.7. The van der Waals surface area contributed by atoms with Gasteiger partial charge >= 0.3 is 5.97 Å². The highest BCUT2D eigenvalue weighted by atomic mass is 16.4. The number of benzene rings is 2. The van der Waals surface area contributed by atoms with Crippen molar-refractivity contribution in [2.45, 2.75) is 46.6 Å². The molecule has 6 nitrogen and oxygen atoms in total. The number of hydrogen-bond acceptors (Lipinski definition) is 4. The van der Waals surface area contributed by atoms with Crippen LogP contribution in [0.3, 0.4) is 0 Å². The van der Waals surface area contributed by atoms with Crippen molar-refractivity contribution in [3.63, 3.8) is 0 Å². The molecule has 0 aliphatic carbocycles. The van der Waals surface area contributed by atoms with E-state index in [-0.39, 0.29) is 11.3 Å². The molecule has 0 aliphatic heterocycles. The first-order valence-corrected chi connectivity index (χ1v) is 10.3. The molecule has 1 aromatic heterocycles. The fourth-order valence-electron chi connectivity index (χ4n) is 3.36. The highest BCUT2D eigenvalue weighted by molar-refractivity contribution is 5.96. The first-order valence-electron chi connectivity index (χ1n) is 10.3. The van der Waals surface area contributed by atoms with E-state index in [1.165, 1.54) is 0 Å². The first kappa shape index (κ1) is 21.4. The quantitative estimate of drug-likeness (QED) is 0.513. The fraction of sp³-hybridized carbons (Fsp3) is 0.333. The van der Waals surface area contributed by atoms with Gasteiger partial charge in [-0.05, 0) is 35.1 Å². The molecule has 30 heavy (non-hydrogen) atoms. The lowest BCUT2D eigenvalue weighted by molar-refractivity contribution is 0.0697. The fourth-order valence-corrected chi connectivity index (χ4v) is 3.36. The van der Waals surface area contributed by atoms with Gasteiger partial charge in [0.15, 0.2) is 0 Å². The Hall–Kier alpha value is -3.28. The first-order chi connectivity index (χ1) is 14.4. The Morgan fingerprint density at radius 2 is 1.77 bits per heavy atom. The minimum atomic E-state index is -0.944. The van der Waals surface area contributed by atoms with E-state index in [4.69, 9.17) is 0 Å². The minimum Gasteiger partial charge on any atom is -0.478 e. The summed E-state index contributed by atoms with van der Waals surface area (Å²) in [7, 11) is 0. The number of carboxylic acids is 1. The molecule has 0 unspecified atom stereocenters. The summed E-state index contributed by atoms with van der Waals surface area (Å²) in [5.41, 5.74) is 2.84. The summed E-state index contributed by atoms with van der Waals surface area (Å²) in [5.74, 6) is 0.471. The molecule has 0 saturated heterocycles. The van der Waals surface area contributed by atoms with Gasteiger partial charge in [0.2, 0.25) is 11.6 Å². The van der Waals surface area contributed by atoms with E-state index in [0.717, 1.165) is 23.4 Å². The van der Waals surface area contributed by atoms with E-state index in [1.54, 1.807) is 12.1 Å². The van der Waals surface area contributed by atoms with Crippen LogP contribution in [-0.4, -0.2) is 31.6 Å². The molecular weight excluding hydrogens is 378 g/mol. The maximum Gasteiger partial charge on any atom is 0.336 e. The number of aromatic carboxylic acids is 1. The highest BCUT2D eigenvalue weighted by Crippen LogP contribution is 2.24. The molecule has 2 aromatic carbocycles. The van der Waals surface area contributed by atoms with Crippen LogP contribution in [0.25, 0.3) is 11.1 Å². The number of rotatable bonds is 9. The Balaban J connectivity index is 1.86. The Morgan fingerprint density at radius 3 is 2.40 bits per heavy atom. The van der Waals surface area contributed by atoms with Gasteiger partial charge in [0.05, 0.1) is 5.56 Å². The van der Waals surface area contributed by atoms with Crippen molar-refractivity contribution in [3.05, 3.63) is 71.3 Å². The molecule has 0 saturated carbocycles. The third-order valence-corrected chi connectivity index (χ3v) is 4.80. The summed E-state index contributed by atoms with van der Waals surface area (Å²) >= 11 is 0. The standard InChI is InChI=1S/C24H27N3O3/c1-4-7-21(28)23-25-22(27(26-23)15-16(2)3)14-17-10-12-18(13-11-17)19-8-5-6-9-20(19)24(29)30/h5-6,8-13,16H,4,7,14-15H2,1-3H3,(H,29,30).